The van der Waals surface area contributed by atoms with Crippen molar-refractivity contribution in [3.05, 3.63) is 182 Å². The van der Waals surface area contributed by atoms with Crippen molar-refractivity contribution in [2.75, 3.05) is 0 Å². The maximum absolute atomic E-state index is 6.30. The Kier molecular flexibility index (Phi) is 7.58. The van der Waals surface area contributed by atoms with Crippen LogP contribution < -0.4 is 0 Å². The van der Waals surface area contributed by atoms with Crippen LogP contribution in [0.2, 0.25) is 0 Å². The molecule has 0 saturated carbocycles. The zero-order valence-electron chi connectivity index (χ0n) is 32.3. The molecule has 0 aliphatic carbocycles. The number of hydrogen-bond acceptors (Lipinski definition) is 7. The molecule has 0 aliphatic rings. The summed E-state index contributed by atoms with van der Waals surface area (Å²) >= 11 is 3.60. The molecular formula is C54H30N4OS2. The average molecular weight is 815 g/mol. The van der Waals surface area contributed by atoms with Crippen LogP contribution in [-0.2, 0) is 0 Å². The largest absolute Gasteiger partial charge is 0.456 e. The minimum atomic E-state index is 0.596. The first kappa shape index (κ1) is 34.3. The van der Waals surface area contributed by atoms with Gasteiger partial charge in [-0.05, 0) is 63.5 Å². The molecule has 284 valence electrons. The van der Waals surface area contributed by atoms with Crippen molar-refractivity contribution in [3.63, 3.8) is 0 Å². The van der Waals surface area contributed by atoms with Gasteiger partial charge in [0.2, 0.25) is 0 Å². The Morgan fingerprint density at radius 1 is 0.361 bits per heavy atom. The van der Waals surface area contributed by atoms with E-state index in [1.165, 1.54) is 36.5 Å². The van der Waals surface area contributed by atoms with Gasteiger partial charge in [0.25, 0.3) is 0 Å². The summed E-state index contributed by atoms with van der Waals surface area (Å²) < 4.78 is 9.95. The van der Waals surface area contributed by atoms with Crippen molar-refractivity contribution in [3.8, 4) is 55.9 Å². The molecule has 0 radical (unpaired) electrons. The van der Waals surface area contributed by atoms with Gasteiger partial charge < -0.3 is 4.42 Å². The highest BCUT2D eigenvalue weighted by Crippen LogP contribution is 2.48. The second-order valence-electron chi connectivity index (χ2n) is 15.3. The third kappa shape index (κ3) is 5.45. The van der Waals surface area contributed by atoms with E-state index < -0.39 is 0 Å². The molecule has 61 heavy (non-hydrogen) atoms. The fraction of sp³-hybridized carbons (Fsp3) is 0. The summed E-state index contributed by atoms with van der Waals surface area (Å²) in [7, 11) is 0. The Balaban J connectivity index is 1.03. The van der Waals surface area contributed by atoms with Gasteiger partial charge >= 0.3 is 0 Å². The van der Waals surface area contributed by atoms with Crippen molar-refractivity contribution in [1.29, 1.82) is 0 Å². The third-order valence-corrected chi connectivity index (χ3v) is 14.0. The van der Waals surface area contributed by atoms with E-state index in [4.69, 9.17) is 24.4 Å². The minimum Gasteiger partial charge on any atom is -0.456 e. The second kappa shape index (κ2) is 13.5. The van der Waals surface area contributed by atoms with Crippen molar-refractivity contribution in [1.82, 2.24) is 19.9 Å². The SMILES string of the molecule is c1ccc(-c2nc(-c3ccc(-c4cc5sc(-c6ccc7ccccc7c6)nc5c5c4sc4ccccc45)c4ccccc34)nc(-c3cccc4oc5ccccc5c34)n2)cc1. The van der Waals surface area contributed by atoms with Crippen LogP contribution in [0, 0.1) is 0 Å². The number of nitrogens with zero attached hydrogens (tertiary/aromatic N) is 4. The van der Waals surface area contributed by atoms with Crippen LogP contribution in [0.1, 0.15) is 0 Å². The van der Waals surface area contributed by atoms with Crippen LogP contribution in [0.3, 0.4) is 0 Å². The highest BCUT2D eigenvalue weighted by atomic mass is 32.1. The molecule has 0 atom stereocenters. The molecule has 13 aromatic rings. The van der Waals surface area contributed by atoms with Crippen LogP contribution in [0.15, 0.2) is 186 Å². The summed E-state index contributed by atoms with van der Waals surface area (Å²) in [5.74, 6) is 1.82. The van der Waals surface area contributed by atoms with Gasteiger partial charge in [-0.25, -0.2) is 19.9 Å². The number of thiazole rings is 1. The molecule has 0 spiro atoms. The number of fused-ring (bicyclic) bond motifs is 10. The molecule has 4 heterocycles. The number of hydrogen-bond donors (Lipinski definition) is 0. The van der Waals surface area contributed by atoms with E-state index in [1.54, 1.807) is 11.3 Å². The lowest BCUT2D eigenvalue weighted by atomic mass is 9.93. The number of rotatable bonds is 5. The molecule has 0 fully saturated rings. The first-order valence-electron chi connectivity index (χ1n) is 20.2. The lowest BCUT2D eigenvalue weighted by Crippen LogP contribution is -2.01. The summed E-state index contributed by atoms with van der Waals surface area (Å²) in [6.45, 7) is 0. The van der Waals surface area contributed by atoms with Crippen LogP contribution in [0.4, 0.5) is 0 Å². The summed E-state index contributed by atoms with van der Waals surface area (Å²) in [4.78, 5) is 21.0. The van der Waals surface area contributed by atoms with Crippen LogP contribution in [0.5, 0.6) is 0 Å². The molecule has 0 aliphatic heterocycles. The topological polar surface area (TPSA) is 64.7 Å². The Bertz CT molecular complexity index is 3900. The molecule has 0 bridgehead atoms. The predicted octanol–water partition coefficient (Wildman–Crippen LogP) is 15.4. The van der Waals surface area contributed by atoms with Crippen molar-refractivity contribution in [2.24, 2.45) is 0 Å². The van der Waals surface area contributed by atoms with Gasteiger partial charge in [-0.15, -0.1) is 22.7 Å². The van der Waals surface area contributed by atoms with E-state index in [0.29, 0.717) is 17.5 Å². The Hall–Kier alpha value is -7.58. The van der Waals surface area contributed by atoms with Gasteiger partial charge in [-0.2, -0.15) is 0 Å². The van der Waals surface area contributed by atoms with Gasteiger partial charge in [0.1, 0.15) is 16.2 Å². The quantitative estimate of drug-likeness (QED) is 0.173. The van der Waals surface area contributed by atoms with Gasteiger partial charge in [0, 0.05) is 58.8 Å². The molecule has 9 aromatic carbocycles. The number of furan rings is 1. The van der Waals surface area contributed by atoms with Crippen molar-refractivity contribution in [2.45, 2.75) is 0 Å². The van der Waals surface area contributed by atoms with E-state index >= 15 is 0 Å². The lowest BCUT2D eigenvalue weighted by molar-refractivity contribution is 0.669. The van der Waals surface area contributed by atoms with E-state index in [-0.39, 0.29) is 0 Å². The van der Waals surface area contributed by atoms with Gasteiger partial charge in [-0.1, -0.05) is 146 Å². The van der Waals surface area contributed by atoms with Gasteiger partial charge in [0.15, 0.2) is 17.5 Å². The smallest absolute Gasteiger partial charge is 0.164 e. The number of para-hydroxylation sites is 1. The Morgan fingerprint density at radius 2 is 1.03 bits per heavy atom. The van der Waals surface area contributed by atoms with E-state index in [0.717, 1.165) is 75.8 Å². The molecule has 4 aromatic heterocycles. The van der Waals surface area contributed by atoms with Crippen molar-refractivity contribution < 1.29 is 4.42 Å². The third-order valence-electron chi connectivity index (χ3n) is 11.8. The molecule has 5 nitrogen and oxygen atoms in total. The summed E-state index contributed by atoms with van der Waals surface area (Å²) in [6, 6.07) is 63.7. The minimum absolute atomic E-state index is 0.596. The maximum Gasteiger partial charge on any atom is 0.164 e. The Morgan fingerprint density at radius 3 is 1.90 bits per heavy atom. The zero-order chi connectivity index (χ0) is 40.0. The first-order valence-corrected chi connectivity index (χ1v) is 21.8. The first-order chi connectivity index (χ1) is 30.2. The Labute approximate surface area is 356 Å². The zero-order valence-corrected chi connectivity index (χ0v) is 34.0. The van der Waals surface area contributed by atoms with E-state index in [1.807, 2.05) is 59.9 Å². The number of aromatic nitrogens is 4. The molecule has 0 N–H and O–H groups in total. The molecular weight excluding hydrogens is 785 g/mol. The summed E-state index contributed by atoms with van der Waals surface area (Å²) in [5.41, 5.74) is 8.93. The predicted molar refractivity (Wildman–Crippen MR) is 255 cm³/mol. The van der Waals surface area contributed by atoms with Crippen LogP contribution in [0.25, 0.3) is 130 Å². The second-order valence-corrected chi connectivity index (χ2v) is 17.4. The summed E-state index contributed by atoms with van der Waals surface area (Å²) in [6.07, 6.45) is 0. The fourth-order valence-electron chi connectivity index (χ4n) is 8.94. The highest BCUT2D eigenvalue weighted by molar-refractivity contribution is 7.27. The molecule has 0 unspecified atom stereocenters. The highest BCUT2D eigenvalue weighted by Gasteiger charge is 2.22. The molecule has 7 heteroatoms. The van der Waals surface area contributed by atoms with Gasteiger partial charge in [0.05, 0.1) is 10.2 Å². The number of benzene rings is 9. The fourth-order valence-corrected chi connectivity index (χ4v) is 11.2. The molecule has 0 amide bonds. The number of thiophene rings is 1. The van der Waals surface area contributed by atoms with Gasteiger partial charge in [-0.3, -0.25) is 0 Å². The van der Waals surface area contributed by atoms with Crippen LogP contribution in [-0.4, -0.2) is 19.9 Å². The molecule has 13 rings (SSSR count). The van der Waals surface area contributed by atoms with E-state index in [9.17, 15) is 0 Å². The summed E-state index contributed by atoms with van der Waals surface area (Å²) in [5, 5.41) is 10.1. The molecule has 0 saturated heterocycles. The average Bonchev–Trinajstić information content (AvgIpc) is 4.05. The maximum atomic E-state index is 6.30. The van der Waals surface area contributed by atoms with E-state index in [2.05, 4.69) is 133 Å². The normalized spacial score (nSPS) is 11.9. The van der Waals surface area contributed by atoms with Crippen LogP contribution >= 0.6 is 22.7 Å². The lowest BCUT2D eigenvalue weighted by Gasteiger charge is -2.14. The van der Waals surface area contributed by atoms with Crippen molar-refractivity contribution >= 4 is 96.5 Å². The monoisotopic (exact) mass is 814 g/mol. The standard InChI is InChI=1S/C54H30N4OS2/c1-2-14-32(15-3-1)51-56-52(58-53(57-51)41-21-12-23-44-47(41)39-19-8-10-22-43(39)59-44)38-28-27-37(35-17-6-7-18-36(35)38)42-30-46-49(48-40-20-9-11-24-45(40)60-50(42)48)55-54(61-46)34-26-25-31-13-4-5-16-33(31)29-34/h1-30H.